The number of aromatic amines is 1. The van der Waals surface area contributed by atoms with E-state index in [9.17, 15) is 13.2 Å². The van der Waals surface area contributed by atoms with E-state index >= 15 is 0 Å². The molecule has 1 fully saturated rings. The maximum Gasteiger partial charge on any atom is 0.231 e. The first kappa shape index (κ1) is 15.0. The molecule has 0 radical (unpaired) electrons. The molecule has 22 heavy (non-hydrogen) atoms. The number of amides is 1. The summed E-state index contributed by atoms with van der Waals surface area (Å²) in [7, 11) is -3.26. The van der Waals surface area contributed by atoms with E-state index in [1.165, 1.54) is 10.6 Å². The molecule has 1 atom stereocenters. The number of nitrogens with zero attached hydrogens (tertiary/aromatic N) is 2. The molecule has 2 heterocycles. The molecule has 1 saturated heterocycles. The maximum absolute atomic E-state index is 12.3. The Kier molecular flexibility index (Phi) is 3.88. The van der Waals surface area contributed by atoms with Gasteiger partial charge in [0.05, 0.1) is 23.2 Å². The zero-order valence-electron chi connectivity index (χ0n) is 12.2. The summed E-state index contributed by atoms with van der Waals surface area (Å²) >= 11 is 0. The number of anilines is 1. The average Bonchev–Trinajstić information content (AvgIpc) is 2.88. The molecule has 7 nitrogen and oxygen atoms in total. The highest BCUT2D eigenvalue weighted by atomic mass is 32.2. The molecule has 0 bridgehead atoms. The number of para-hydroxylation sites is 2. The van der Waals surface area contributed by atoms with Crippen LogP contribution >= 0.6 is 0 Å². The lowest BCUT2D eigenvalue weighted by Crippen LogP contribution is -2.43. The summed E-state index contributed by atoms with van der Waals surface area (Å²) in [6.45, 7) is 0.706. The number of imidazole rings is 1. The number of sulfonamides is 1. The Morgan fingerprint density at radius 2 is 2.18 bits per heavy atom. The summed E-state index contributed by atoms with van der Waals surface area (Å²) in [6, 6.07) is 7.49. The number of piperidine rings is 1. The molecule has 3 rings (SSSR count). The molecular formula is C14H18N4O3S. The molecule has 1 aromatic carbocycles. The van der Waals surface area contributed by atoms with E-state index in [1.807, 2.05) is 24.3 Å². The second-order valence-corrected chi connectivity index (χ2v) is 7.53. The molecule has 1 amide bonds. The van der Waals surface area contributed by atoms with Crippen molar-refractivity contribution in [2.75, 3.05) is 24.7 Å². The predicted octanol–water partition coefficient (Wildman–Crippen LogP) is 1.17. The van der Waals surface area contributed by atoms with Gasteiger partial charge in [0.2, 0.25) is 21.9 Å². The first-order chi connectivity index (χ1) is 10.4. The molecule has 0 saturated carbocycles. The van der Waals surface area contributed by atoms with E-state index in [1.54, 1.807) is 0 Å². The molecule has 1 aromatic heterocycles. The first-order valence-corrected chi connectivity index (χ1v) is 8.99. The second kappa shape index (κ2) is 5.69. The number of rotatable bonds is 3. The standard InChI is InChI=1S/C14H18N4O3S/c1-22(20,21)18-8-4-5-10(9-18)13(19)17-14-15-11-6-2-3-7-12(11)16-14/h2-3,6-7,10H,4-5,8-9H2,1H3,(H2,15,16,17,19). The summed E-state index contributed by atoms with van der Waals surface area (Å²) in [4.78, 5) is 19.7. The Balaban J connectivity index is 1.71. The van der Waals surface area contributed by atoms with E-state index in [-0.39, 0.29) is 18.4 Å². The quantitative estimate of drug-likeness (QED) is 0.887. The van der Waals surface area contributed by atoms with Crippen LogP contribution in [0.15, 0.2) is 24.3 Å². The molecule has 0 spiro atoms. The van der Waals surface area contributed by atoms with Crippen molar-refractivity contribution >= 4 is 32.9 Å². The van der Waals surface area contributed by atoms with Crippen molar-refractivity contribution in [3.63, 3.8) is 0 Å². The molecular weight excluding hydrogens is 304 g/mol. The SMILES string of the molecule is CS(=O)(=O)N1CCCC(C(=O)Nc2nc3ccccc3[nH]2)C1. The highest BCUT2D eigenvalue weighted by Gasteiger charge is 2.30. The van der Waals surface area contributed by atoms with Gasteiger partial charge >= 0.3 is 0 Å². The summed E-state index contributed by atoms with van der Waals surface area (Å²) in [5.74, 6) is -0.160. The summed E-state index contributed by atoms with van der Waals surface area (Å²) in [6.07, 6.45) is 2.54. The summed E-state index contributed by atoms with van der Waals surface area (Å²) in [5, 5.41) is 2.75. The van der Waals surface area contributed by atoms with Crippen molar-refractivity contribution in [1.29, 1.82) is 0 Å². The molecule has 1 unspecified atom stereocenters. The number of nitrogens with one attached hydrogen (secondary N) is 2. The molecule has 1 aliphatic rings. The number of benzene rings is 1. The van der Waals surface area contributed by atoms with Crippen LogP contribution in [0, 0.1) is 5.92 Å². The number of aromatic nitrogens is 2. The highest BCUT2D eigenvalue weighted by molar-refractivity contribution is 7.88. The topological polar surface area (TPSA) is 95.2 Å². The molecule has 0 aliphatic carbocycles. The minimum absolute atomic E-state index is 0.201. The first-order valence-electron chi connectivity index (χ1n) is 7.14. The van der Waals surface area contributed by atoms with Crippen molar-refractivity contribution < 1.29 is 13.2 Å². The van der Waals surface area contributed by atoms with Gasteiger partial charge < -0.3 is 4.98 Å². The van der Waals surface area contributed by atoms with E-state index in [4.69, 9.17) is 0 Å². The Morgan fingerprint density at radius 3 is 2.91 bits per heavy atom. The van der Waals surface area contributed by atoms with Crippen LogP contribution in [0.5, 0.6) is 0 Å². The monoisotopic (exact) mass is 322 g/mol. The Labute approximate surface area is 128 Å². The molecule has 8 heteroatoms. The fourth-order valence-corrected chi connectivity index (χ4v) is 3.60. The van der Waals surface area contributed by atoms with Crippen LogP contribution in [-0.2, 0) is 14.8 Å². The molecule has 2 N–H and O–H groups in total. The molecule has 118 valence electrons. The van der Waals surface area contributed by atoms with Gasteiger partial charge in [-0.05, 0) is 25.0 Å². The minimum atomic E-state index is -3.26. The third-order valence-electron chi connectivity index (χ3n) is 3.85. The number of fused-ring (bicyclic) bond motifs is 1. The molecule has 2 aromatic rings. The van der Waals surface area contributed by atoms with Crippen molar-refractivity contribution in [3.8, 4) is 0 Å². The second-order valence-electron chi connectivity index (χ2n) is 5.55. The fraction of sp³-hybridized carbons (Fsp3) is 0.429. The van der Waals surface area contributed by atoms with E-state index in [0.29, 0.717) is 25.3 Å². The van der Waals surface area contributed by atoms with E-state index in [2.05, 4.69) is 15.3 Å². The molecule has 1 aliphatic heterocycles. The van der Waals surface area contributed by atoms with Crippen molar-refractivity contribution in [2.24, 2.45) is 5.92 Å². The van der Waals surface area contributed by atoms with Crippen LogP contribution in [0.4, 0.5) is 5.95 Å². The highest BCUT2D eigenvalue weighted by Crippen LogP contribution is 2.21. The predicted molar refractivity (Wildman–Crippen MR) is 83.9 cm³/mol. The van der Waals surface area contributed by atoms with Crippen LogP contribution < -0.4 is 5.32 Å². The normalized spacial score (nSPS) is 20.1. The third kappa shape index (κ3) is 3.12. The summed E-state index contributed by atoms with van der Waals surface area (Å²) < 4.78 is 24.6. The number of H-pyrrole nitrogens is 1. The van der Waals surface area contributed by atoms with Gasteiger partial charge in [-0.25, -0.2) is 17.7 Å². The smallest absolute Gasteiger partial charge is 0.231 e. The number of carbonyl (C=O) groups is 1. The van der Waals surface area contributed by atoms with E-state index < -0.39 is 10.0 Å². The van der Waals surface area contributed by atoms with Crippen LogP contribution in [0.1, 0.15) is 12.8 Å². The number of hydrogen-bond acceptors (Lipinski definition) is 4. The third-order valence-corrected chi connectivity index (χ3v) is 5.12. The van der Waals surface area contributed by atoms with Crippen LogP contribution in [0.2, 0.25) is 0 Å². The zero-order valence-corrected chi connectivity index (χ0v) is 13.1. The fourth-order valence-electron chi connectivity index (χ4n) is 2.69. The largest absolute Gasteiger partial charge is 0.324 e. The zero-order chi connectivity index (χ0) is 15.7. The minimum Gasteiger partial charge on any atom is -0.324 e. The van der Waals surface area contributed by atoms with Gasteiger partial charge in [0.25, 0.3) is 0 Å². The van der Waals surface area contributed by atoms with E-state index in [0.717, 1.165) is 11.0 Å². The Morgan fingerprint density at radius 1 is 1.41 bits per heavy atom. The van der Waals surface area contributed by atoms with Gasteiger partial charge in [-0.2, -0.15) is 0 Å². The lowest BCUT2D eigenvalue weighted by atomic mass is 9.99. The van der Waals surface area contributed by atoms with Gasteiger partial charge in [-0.1, -0.05) is 12.1 Å². The number of hydrogen-bond donors (Lipinski definition) is 2. The van der Waals surface area contributed by atoms with Crippen LogP contribution in [-0.4, -0.2) is 47.9 Å². The van der Waals surface area contributed by atoms with Gasteiger partial charge in [0.1, 0.15) is 0 Å². The van der Waals surface area contributed by atoms with Crippen molar-refractivity contribution in [1.82, 2.24) is 14.3 Å². The number of carbonyl (C=O) groups excluding carboxylic acids is 1. The lowest BCUT2D eigenvalue weighted by molar-refractivity contribution is -0.120. The van der Waals surface area contributed by atoms with Crippen LogP contribution in [0.25, 0.3) is 11.0 Å². The van der Waals surface area contributed by atoms with Gasteiger partial charge in [-0.15, -0.1) is 0 Å². The van der Waals surface area contributed by atoms with Gasteiger partial charge in [0.15, 0.2) is 0 Å². The van der Waals surface area contributed by atoms with Crippen molar-refractivity contribution in [3.05, 3.63) is 24.3 Å². The summed E-state index contributed by atoms with van der Waals surface area (Å²) in [5.41, 5.74) is 1.62. The Bertz CT molecular complexity index is 766. The average molecular weight is 322 g/mol. The van der Waals surface area contributed by atoms with Gasteiger partial charge in [0, 0.05) is 13.1 Å². The lowest BCUT2D eigenvalue weighted by Gasteiger charge is -2.29. The van der Waals surface area contributed by atoms with Crippen molar-refractivity contribution in [2.45, 2.75) is 12.8 Å². The van der Waals surface area contributed by atoms with Crippen LogP contribution in [0.3, 0.4) is 0 Å². The Hall–Kier alpha value is -1.93. The van der Waals surface area contributed by atoms with Gasteiger partial charge in [-0.3, -0.25) is 10.1 Å². The maximum atomic E-state index is 12.3.